The van der Waals surface area contributed by atoms with E-state index in [4.69, 9.17) is 5.73 Å². The summed E-state index contributed by atoms with van der Waals surface area (Å²) < 4.78 is 0. The lowest BCUT2D eigenvalue weighted by atomic mass is 9.48. The van der Waals surface area contributed by atoms with Gasteiger partial charge in [-0.15, -0.1) is 0 Å². The van der Waals surface area contributed by atoms with Crippen LogP contribution in [0, 0.1) is 23.7 Å². The van der Waals surface area contributed by atoms with Gasteiger partial charge < -0.3 is 5.73 Å². The molecule has 16 heavy (non-hydrogen) atoms. The van der Waals surface area contributed by atoms with Gasteiger partial charge in [-0.05, 0) is 55.8 Å². The summed E-state index contributed by atoms with van der Waals surface area (Å²) in [6.45, 7) is 0.806. The highest BCUT2D eigenvalue weighted by atomic mass is 15.5. The Morgan fingerprint density at radius 2 is 1.56 bits per heavy atom. The highest BCUT2D eigenvalue weighted by Gasteiger charge is 2.56. The highest BCUT2D eigenvalue weighted by Crippen LogP contribution is 2.57. The molecule has 4 bridgehead atoms. The van der Waals surface area contributed by atoms with Crippen molar-refractivity contribution in [3.63, 3.8) is 0 Å². The number of nitrogens with two attached hydrogens (primary N) is 1. The van der Waals surface area contributed by atoms with Crippen LogP contribution in [0.25, 0.3) is 0 Å². The highest BCUT2D eigenvalue weighted by molar-refractivity contribution is 5.11. The largest absolute Gasteiger partial charge is 0.329 e. The van der Waals surface area contributed by atoms with Gasteiger partial charge in [0.15, 0.2) is 0 Å². The maximum atomic E-state index is 6.15. The summed E-state index contributed by atoms with van der Waals surface area (Å²) in [5.74, 6) is 3.70. The number of hydrogen-bond acceptors (Lipinski definition) is 3. The number of nitrogens with zero attached hydrogens (tertiary/aromatic N) is 1. The summed E-state index contributed by atoms with van der Waals surface area (Å²) in [5.41, 5.74) is 10.1. The minimum Gasteiger partial charge on any atom is -0.329 e. The van der Waals surface area contributed by atoms with Crippen molar-refractivity contribution in [2.75, 3.05) is 20.6 Å². The Kier molecular flexibility index (Phi) is 2.54. The maximum Gasteiger partial charge on any atom is 0.0504 e. The first-order valence-corrected chi connectivity index (χ1v) is 6.79. The Bertz CT molecular complexity index is 246. The SMILES string of the molecule is CN(C)NC1(CN)C2CC3CC(C2)CC1C3. The molecule has 0 heterocycles. The standard InChI is InChI=1S/C13H25N3/c1-16(2)15-13(8-14)11-4-9-3-10(6-11)7-12(13)5-9/h9-12,15H,3-8,14H2,1-2H3. The van der Waals surface area contributed by atoms with Gasteiger partial charge in [0.05, 0.1) is 5.54 Å². The van der Waals surface area contributed by atoms with E-state index in [-0.39, 0.29) is 5.54 Å². The Morgan fingerprint density at radius 3 is 1.94 bits per heavy atom. The van der Waals surface area contributed by atoms with Gasteiger partial charge in [0.1, 0.15) is 0 Å². The molecule has 92 valence electrons. The normalized spacial score (nSPS) is 50.2. The third-order valence-corrected chi connectivity index (χ3v) is 5.36. The summed E-state index contributed by atoms with van der Waals surface area (Å²) in [7, 11) is 4.20. The van der Waals surface area contributed by atoms with Gasteiger partial charge in [0.2, 0.25) is 0 Å². The van der Waals surface area contributed by atoms with Crippen molar-refractivity contribution < 1.29 is 0 Å². The summed E-state index contributed by atoms with van der Waals surface area (Å²) in [6.07, 6.45) is 7.20. The predicted octanol–water partition coefficient (Wildman–Crippen LogP) is 1.21. The van der Waals surface area contributed by atoms with Gasteiger partial charge in [-0.1, -0.05) is 0 Å². The molecule has 4 fully saturated rings. The number of hydrogen-bond donors (Lipinski definition) is 2. The summed E-state index contributed by atoms with van der Waals surface area (Å²) >= 11 is 0. The van der Waals surface area contributed by atoms with Crippen molar-refractivity contribution in [2.45, 2.75) is 37.6 Å². The van der Waals surface area contributed by atoms with Crippen molar-refractivity contribution in [1.29, 1.82) is 0 Å². The van der Waals surface area contributed by atoms with E-state index in [1.807, 2.05) is 0 Å². The fourth-order valence-electron chi connectivity index (χ4n) is 5.00. The number of nitrogens with one attached hydrogen (secondary N) is 1. The Morgan fingerprint density at radius 1 is 1.06 bits per heavy atom. The second kappa shape index (κ2) is 3.69. The van der Waals surface area contributed by atoms with Crippen molar-refractivity contribution >= 4 is 0 Å². The molecular formula is C13H25N3. The lowest BCUT2D eigenvalue weighted by Crippen LogP contribution is -2.70. The minimum absolute atomic E-state index is 0.219. The lowest BCUT2D eigenvalue weighted by Gasteiger charge is -2.61. The van der Waals surface area contributed by atoms with E-state index < -0.39 is 0 Å². The zero-order chi connectivity index (χ0) is 11.3. The molecular weight excluding hydrogens is 198 g/mol. The van der Waals surface area contributed by atoms with Crippen LogP contribution in [0.3, 0.4) is 0 Å². The van der Waals surface area contributed by atoms with Gasteiger partial charge >= 0.3 is 0 Å². The molecule has 0 spiro atoms. The van der Waals surface area contributed by atoms with E-state index in [9.17, 15) is 0 Å². The third-order valence-electron chi connectivity index (χ3n) is 5.36. The summed E-state index contributed by atoms with van der Waals surface area (Å²) in [5, 5.41) is 2.12. The van der Waals surface area contributed by atoms with Gasteiger partial charge in [0.25, 0.3) is 0 Å². The molecule has 0 saturated heterocycles. The fraction of sp³-hybridized carbons (Fsp3) is 1.00. The van der Waals surface area contributed by atoms with E-state index in [2.05, 4.69) is 24.5 Å². The topological polar surface area (TPSA) is 41.3 Å². The zero-order valence-electron chi connectivity index (χ0n) is 10.6. The molecule has 0 unspecified atom stereocenters. The van der Waals surface area contributed by atoms with Gasteiger partial charge in [0, 0.05) is 20.6 Å². The van der Waals surface area contributed by atoms with Gasteiger partial charge in [-0.25, -0.2) is 5.43 Å². The van der Waals surface area contributed by atoms with Crippen LogP contribution in [0.1, 0.15) is 32.1 Å². The average Bonchev–Trinajstić information content (AvgIpc) is 2.22. The molecule has 4 rings (SSSR count). The van der Waals surface area contributed by atoms with Crippen molar-refractivity contribution in [3.05, 3.63) is 0 Å². The molecule has 0 atom stereocenters. The van der Waals surface area contributed by atoms with E-state index in [0.717, 1.165) is 30.2 Å². The quantitative estimate of drug-likeness (QED) is 0.707. The van der Waals surface area contributed by atoms with Gasteiger partial charge in [-0.3, -0.25) is 5.01 Å². The lowest BCUT2D eigenvalue weighted by molar-refractivity contribution is -0.0934. The molecule has 0 radical (unpaired) electrons. The van der Waals surface area contributed by atoms with E-state index in [1.54, 1.807) is 0 Å². The second-order valence-electron chi connectivity index (χ2n) is 6.56. The molecule has 4 aliphatic carbocycles. The van der Waals surface area contributed by atoms with Crippen LogP contribution >= 0.6 is 0 Å². The second-order valence-corrected chi connectivity index (χ2v) is 6.56. The summed E-state index contributed by atoms with van der Waals surface area (Å²) in [4.78, 5) is 0. The monoisotopic (exact) mass is 223 g/mol. The molecule has 4 saturated carbocycles. The van der Waals surface area contributed by atoms with Crippen molar-refractivity contribution in [2.24, 2.45) is 29.4 Å². The van der Waals surface area contributed by atoms with Crippen LogP contribution in [0.4, 0.5) is 0 Å². The summed E-state index contributed by atoms with van der Waals surface area (Å²) in [6, 6.07) is 0. The molecule has 0 aromatic carbocycles. The van der Waals surface area contributed by atoms with Crippen molar-refractivity contribution in [3.8, 4) is 0 Å². The van der Waals surface area contributed by atoms with E-state index in [0.29, 0.717) is 0 Å². The van der Waals surface area contributed by atoms with Gasteiger partial charge in [-0.2, -0.15) is 0 Å². The minimum atomic E-state index is 0.219. The first-order chi connectivity index (χ1) is 7.64. The predicted molar refractivity (Wildman–Crippen MR) is 65.7 cm³/mol. The molecule has 3 N–H and O–H groups in total. The molecule has 0 aromatic heterocycles. The molecule has 3 heteroatoms. The molecule has 0 amide bonds. The molecule has 4 aliphatic rings. The smallest absolute Gasteiger partial charge is 0.0504 e. The Balaban J connectivity index is 1.88. The number of hydrazine groups is 1. The zero-order valence-corrected chi connectivity index (χ0v) is 10.6. The number of rotatable bonds is 3. The van der Waals surface area contributed by atoms with E-state index >= 15 is 0 Å². The Labute approximate surface area is 98.7 Å². The average molecular weight is 223 g/mol. The molecule has 0 aromatic rings. The first-order valence-electron chi connectivity index (χ1n) is 6.79. The Hall–Kier alpha value is -0.120. The van der Waals surface area contributed by atoms with Crippen molar-refractivity contribution in [1.82, 2.24) is 10.4 Å². The fourth-order valence-corrected chi connectivity index (χ4v) is 5.00. The van der Waals surface area contributed by atoms with Crippen LogP contribution in [-0.4, -0.2) is 31.2 Å². The van der Waals surface area contributed by atoms with E-state index in [1.165, 1.54) is 32.1 Å². The first kappa shape index (κ1) is 11.0. The van der Waals surface area contributed by atoms with Crippen LogP contribution in [-0.2, 0) is 0 Å². The maximum absolute atomic E-state index is 6.15. The van der Waals surface area contributed by atoms with Crippen LogP contribution in [0.15, 0.2) is 0 Å². The third kappa shape index (κ3) is 1.45. The van der Waals surface area contributed by atoms with Crippen LogP contribution < -0.4 is 11.2 Å². The van der Waals surface area contributed by atoms with Crippen LogP contribution in [0.5, 0.6) is 0 Å². The molecule has 3 nitrogen and oxygen atoms in total. The van der Waals surface area contributed by atoms with Crippen LogP contribution in [0.2, 0.25) is 0 Å². The molecule has 0 aliphatic heterocycles.